The van der Waals surface area contributed by atoms with Crippen LogP contribution in [-0.2, 0) is 4.79 Å². The molecule has 2 aromatic carbocycles. The van der Waals surface area contributed by atoms with Crippen LogP contribution in [0, 0.1) is 5.92 Å². The summed E-state index contributed by atoms with van der Waals surface area (Å²) in [6.45, 7) is 6.19. The van der Waals surface area contributed by atoms with Gasteiger partial charge in [0, 0.05) is 36.8 Å². The number of benzene rings is 2. The Bertz CT molecular complexity index is 760. The minimum absolute atomic E-state index is 0.158. The quantitative estimate of drug-likeness (QED) is 0.727. The molecule has 1 heterocycles. The van der Waals surface area contributed by atoms with E-state index in [1.54, 1.807) is 0 Å². The van der Waals surface area contributed by atoms with Gasteiger partial charge in [-0.15, -0.1) is 0 Å². The highest BCUT2D eigenvalue weighted by Gasteiger charge is 2.34. The second-order valence-corrected chi connectivity index (χ2v) is 7.31. The van der Waals surface area contributed by atoms with Crippen molar-refractivity contribution in [1.29, 1.82) is 0 Å². The molecule has 3 rings (SSSR count). The first-order chi connectivity index (χ1) is 13.1. The Morgan fingerprint density at radius 3 is 2.26 bits per heavy atom. The fourth-order valence-corrected chi connectivity index (χ4v) is 3.94. The van der Waals surface area contributed by atoms with Gasteiger partial charge in [0.15, 0.2) is 5.78 Å². The van der Waals surface area contributed by atoms with Gasteiger partial charge in [0.05, 0.1) is 6.54 Å². The molecule has 0 radical (unpaired) electrons. The third-order valence-corrected chi connectivity index (χ3v) is 5.34. The van der Waals surface area contributed by atoms with E-state index in [1.807, 2.05) is 72.5 Å². The summed E-state index contributed by atoms with van der Waals surface area (Å²) in [6.07, 6.45) is 1.37. The standard InChI is InChI=1S/C23H28N2O2/c1-3-23(27)25(20-12-8-5-9-13-20)21-14-15-24(16-18(21)2)17-22(26)19-10-6-4-7-11-19/h4-13,18,21H,3,14-17H2,1-2H3/t18-,21+/m1/s1. The number of para-hydroxylation sites is 1. The molecule has 0 saturated carbocycles. The second kappa shape index (κ2) is 8.96. The minimum Gasteiger partial charge on any atom is -0.309 e. The lowest BCUT2D eigenvalue weighted by atomic mass is 9.91. The number of hydrogen-bond donors (Lipinski definition) is 0. The maximum atomic E-state index is 12.7. The summed E-state index contributed by atoms with van der Waals surface area (Å²) in [6, 6.07) is 19.6. The number of anilines is 1. The molecule has 1 saturated heterocycles. The highest BCUT2D eigenvalue weighted by molar-refractivity contribution is 5.97. The average molecular weight is 364 g/mol. The molecule has 1 aliphatic heterocycles. The van der Waals surface area contributed by atoms with Crippen LogP contribution in [0.15, 0.2) is 60.7 Å². The number of rotatable bonds is 6. The Kier molecular flexibility index (Phi) is 6.40. The lowest BCUT2D eigenvalue weighted by Gasteiger charge is -2.42. The van der Waals surface area contributed by atoms with Gasteiger partial charge < -0.3 is 4.90 Å². The molecule has 0 bridgehead atoms. The number of amides is 1. The van der Waals surface area contributed by atoms with Crippen molar-refractivity contribution in [2.24, 2.45) is 5.92 Å². The number of Topliss-reactive ketones (excluding diaryl/α,β-unsaturated/α-hetero) is 1. The van der Waals surface area contributed by atoms with Gasteiger partial charge in [-0.3, -0.25) is 14.5 Å². The van der Waals surface area contributed by atoms with Crippen molar-refractivity contribution >= 4 is 17.4 Å². The second-order valence-electron chi connectivity index (χ2n) is 7.31. The molecule has 4 nitrogen and oxygen atoms in total. The lowest BCUT2D eigenvalue weighted by molar-refractivity contribution is -0.119. The van der Waals surface area contributed by atoms with E-state index >= 15 is 0 Å². The molecule has 2 aromatic rings. The van der Waals surface area contributed by atoms with Crippen LogP contribution in [0.1, 0.15) is 37.0 Å². The minimum atomic E-state index is 0.158. The first kappa shape index (κ1) is 19.3. The number of piperidine rings is 1. The predicted molar refractivity (Wildman–Crippen MR) is 109 cm³/mol. The topological polar surface area (TPSA) is 40.6 Å². The molecular formula is C23H28N2O2. The number of likely N-dealkylation sites (tertiary alicyclic amines) is 1. The molecule has 1 aliphatic rings. The molecule has 0 N–H and O–H groups in total. The summed E-state index contributed by atoms with van der Waals surface area (Å²) < 4.78 is 0. The molecule has 0 aliphatic carbocycles. The van der Waals surface area contributed by atoms with Crippen LogP contribution in [0.3, 0.4) is 0 Å². The Balaban J connectivity index is 1.68. The van der Waals surface area contributed by atoms with E-state index in [-0.39, 0.29) is 17.7 Å². The van der Waals surface area contributed by atoms with E-state index < -0.39 is 0 Å². The van der Waals surface area contributed by atoms with Gasteiger partial charge in [-0.2, -0.15) is 0 Å². The smallest absolute Gasteiger partial charge is 0.226 e. The number of hydrogen-bond acceptors (Lipinski definition) is 3. The number of carbonyl (C=O) groups excluding carboxylic acids is 2. The summed E-state index contributed by atoms with van der Waals surface area (Å²) in [5, 5.41) is 0. The van der Waals surface area contributed by atoms with Gasteiger partial charge in [-0.25, -0.2) is 0 Å². The van der Waals surface area contributed by atoms with Crippen LogP contribution in [-0.4, -0.2) is 42.3 Å². The van der Waals surface area contributed by atoms with Crippen molar-refractivity contribution in [3.05, 3.63) is 66.2 Å². The van der Waals surface area contributed by atoms with Crippen LogP contribution in [0.2, 0.25) is 0 Å². The van der Waals surface area contributed by atoms with Crippen molar-refractivity contribution in [3.63, 3.8) is 0 Å². The van der Waals surface area contributed by atoms with Crippen molar-refractivity contribution in [2.75, 3.05) is 24.5 Å². The Hall–Kier alpha value is -2.46. The van der Waals surface area contributed by atoms with Crippen molar-refractivity contribution in [3.8, 4) is 0 Å². The number of ketones is 1. The highest BCUT2D eigenvalue weighted by Crippen LogP contribution is 2.28. The monoisotopic (exact) mass is 364 g/mol. The predicted octanol–water partition coefficient (Wildman–Crippen LogP) is 4.02. The van der Waals surface area contributed by atoms with Crippen molar-refractivity contribution < 1.29 is 9.59 Å². The van der Waals surface area contributed by atoms with E-state index in [2.05, 4.69) is 11.8 Å². The molecule has 27 heavy (non-hydrogen) atoms. The molecule has 4 heteroatoms. The Morgan fingerprint density at radius 1 is 1.04 bits per heavy atom. The van der Waals surface area contributed by atoms with E-state index in [9.17, 15) is 9.59 Å². The molecule has 0 spiro atoms. The summed E-state index contributed by atoms with van der Waals surface area (Å²) in [5.41, 5.74) is 1.73. The van der Waals surface area contributed by atoms with E-state index in [1.165, 1.54) is 0 Å². The third kappa shape index (κ3) is 4.64. The zero-order valence-electron chi connectivity index (χ0n) is 16.2. The Labute approximate surface area is 161 Å². The fraction of sp³-hybridized carbons (Fsp3) is 0.391. The SMILES string of the molecule is CCC(=O)N(c1ccccc1)[C@H]1CCN(CC(=O)c2ccccc2)C[C@H]1C. The zero-order valence-corrected chi connectivity index (χ0v) is 16.2. The van der Waals surface area contributed by atoms with Gasteiger partial charge >= 0.3 is 0 Å². The van der Waals surface area contributed by atoms with Crippen molar-refractivity contribution in [2.45, 2.75) is 32.7 Å². The van der Waals surface area contributed by atoms with Gasteiger partial charge in [-0.05, 0) is 24.5 Å². The summed E-state index contributed by atoms with van der Waals surface area (Å²) in [5.74, 6) is 0.621. The molecule has 0 unspecified atom stereocenters. The first-order valence-electron chi connectivity index (χ1n) is 9.78. The van der Waals surface area contributed by atoms with Gasteiger partial charge in [0.1, 0.15) is 0 Å². The van der Waals surface area contributed by atoms with Crippen LogP contribution >= 0.6 is 0 Å². The van der Waals surface area contributed by atoms with Gasteiger partial charge in [0.25, 0.3) is 0 Å². The summed E-state index contributed by atoms with van der Waals surface area (Å²) in [7, 11) is 0. The number of carbonyl (C=O) groups is 2. The maximum absolute atomic E-state index is 12.7. The van der Waals surface area contributed by atoms with Crippen LogP contribution < -0.4 is 4.90 Å². The van der Waals surface area contributed by atoms with Gasteiger partial charge in [-0.1, -0.05) is 62.4 Å². The van der Waals surface area contributed by atoms with E-state index in [0.29, 0.717) is 18.9 Å². The van der Waals surface area contributed by atoms with Crippen LogP contribution in [0.5, 0.6) is 0 Å². The molecule has 0 aromatic heterocycles. The molecule has 1 fully saturated rings. The Morgan fingerprint density at radius 2 is 1.67 bits per heavy atom. The maximum Gasteiger partial charge on any atom is 0.226 e. The van der Waals surface area contributed by atoms with E-state index in [4.69, 9.17) is 0 Å². The van der Waals surface area contributed by atoms with E-state index in [0.717, 1.165) is 30.8 Å². The summed E-state index contributed by atoms with van der Waals surface area (Å²) >= 11 is 0. The third-order valence-electron chi connectivity index (χ3n) is 5.34. The van der Waals surface area contributed by atoms with Crippen LogP contribution in [0.25, 0.3) is 0 Å². The largest absolute Gasteiger partial charge is 0.309 e. The summed E-state index contributed by atoms with van der Waals surface area (Å²) in [4.78, 5) is 29.4. The fourth-order valence-electron chi connectivity index (χ4n) is 3.94. The molecule has 142 valence electrons. The van der Waals surface area contributed by atoms with Crippen LogP contribution in [0.4, 0.5) is 5.69 Å². The first-order valence-corrected chi connectivity index (χ1v) is 9.78. The average Bonchev–Trinajstić information content (AvgIpc) is 2.71. The van der Waals surface area contributed by atoms with Gasteiger partial charge in [0.2, 0.25) is 5.91 Å². The highest BCUT2D eigenvalue weighted by atomic mass is 16.2. The molecule has 1 amide bonds. The molecular weight excluding hydrogens is 336 g/mol. The zero-order chi connectivity index (χ0) is 19.2. The van der Waals surface area contributed by atoms with Crippen molar-refractivity contribution in [1.82, 2.24) is 4.90 Å². The normalized spacial score (nSPS) is 20.2. The number of nitrogens with zero attached hydrogens (tertiary/aromatic N) is 2. The molecule has 2 atom stereocenters. The lowest BCUT2D eigenvalue weighted by Crippen LogP contribution is -2.53.